The van der Waals surface area contributed by atoms with Crippen LogP contribution in [0.3, 0.4) is 0 Å². The van der Waals surface area contributed by atoms with Crippen LogP contribution < -0.4 is 0 Å². The predicted molar refractivity (Wildman–Crippen MR) is 97.9 cm³/mol. The van der Waals surface area contributed by atoms with Crippen molar-refractivity contribution in [3.05, 3.63) is 22.7 Å². The number of halogens is 1. The molecule has 0 spiro atoms. The van der Waals surface area contributed by atoms with E-state index in [0.29, 0.717) is 5.03 Å². The number of hydrogen-bond acceptors (Lipinski definition) is 4. The average molecular weight is 352 g/mol. The van der Waals surface area contributed by atoms with Crippen LogP contribution >= 0.6 is 11.6 Å². The molecule has 24 heavy (non-hydrogen) atoms. The minimum Gasteiger partial charge on any atom is -0.403 e. The molecule has 3 rings (SSSR count). The van der Waals surface area contributed by atoms with E-state index in [-0.39, 0.29) is 35.8 Å². The molecule has 2 saturated heterocycles. The molecule has 7 heteroatoms. The van der Waals surface area contributed by atoms with Crippen molar-refractivity contribution in [2.45, 2.75) is 83.6 Å². The van der Waals surface area contributed by atoms with E-state index in [4.69, 9.17) is 30.2 Å². The van der Waals surface area contributed by atoms with Gasteiger partial charge < -0.3 is 18.6 Å². The molecule has 4 nitrogen and oxygen atoms in total. The van der Waals surface area contributed by atoms with Crippen LogP contribution in [0.1, 0.15) is 54.9 Å². The zero-order valence-corrected chi connectivity index (χ0v) is 16.4. The fourth-order valence-electron chi connectivity index (χ4n) is 3.10. The van der Waals surface area contributed by atoms with Gasteiger partial charge in [0.1, 0.15) is 0 Å². The van der Waals surface area contributed by atoms with Crippen molar-refractivity contribution in [1.82, 2.24) is 0 Å². The van der Waals surface area contributed by atoms with Gasteiger partial charge in [-0.15, -0.1) is 0 Å². The summed E-state index contributed by atoms with van der Waals surface area (Å²) in [5.74, 6) is -0.0427. The lowest BCUT2D eigenvalue weighted by Crippen LogP contribution is -2.41. The van der Waals surface area contributed by atoms with Crippen molar-refractivity contribution >= 4 is 25.8 Å². The van der Waals surface area contributed by atoms with Gasteiger partial charge in [0.25, 0.3) is 0 Å². The molecule has 2 heterocycles. The summed E-state index contributed by atoms with van der Waals surface area (Å²) in [6.07, 6.45) is 4.89. The molecule has 0 aromatic heterocycles. The molecule has 1 aliphatic carbocycles. The van der Waals surface area contributed by atoms with E-state index in [1.807, 2.05) is 26.8 Å². The molecule has 2 unspecified atom stereocenters. The first-order valence-corrected chi connectivity index (χ1v) is 9.07. The van der Waals surface area contributed by atoms with Crippen molar-refractivity contribution < 1.29 is 18.6 Å². The highest BCUT2D eigenvalue weighted by Crippen LogP contribution is 2.46. The molecule has 132 valence electrons. The molecule has 0 amide bonds. The standard InChI is InChI=1S/C17H27B2ClO4/c1-11-15(2,3)22-18(21-11)12-9-8-10-13(14(12)20)19-23-16(4,5)17(6,7)24-19/h8-9,11,13H,10H2,1-7H3. The van der Waals surface area contributed by atoms with Crippen molar-refractivity contribution in [3.8, 4) is 0 Å². The lowest BCUT2D eigenvalue weighted by Gasteiger charge is -2.32. The first kappa shape index (κ1) is 18.5. The molecule has 0 aromatic rings. The maximum absolute atomic E-state index is 6.74. The maximum atomic E-state index is 6.74. The molecular weight excluding hydrogens is 325 g/mol. The minimum absolute atomic E-state index is 0.00471. The summed E-state index contributed by atoms with van der Waals surface area (Å²) in [7, 11) is -0.807. The Morgan fingerprint density at radius 2 is 1.62 bits per heavy atom. The van der Waals surface area contributed by atoms with Gasteiger partial charge in [-0.3, -0.25) is 0 Å². The van der Waals surface area contributed by atoms with Crippen molar-refractivity contribution in [2.24, 2.45) is 0 Å². The molecule has 0 saturated carbocycles. The van der Waals surface area contributed by atoms with Gasteiger partial charge in [0.05, 0.1) is 22.9 Å². The molecule has 2 fully saturated rings. The Hall–Kier alpha value is -0.260. The SMILES string of the molecule is CC1OB(C2=C(Cl)C(B3OC(C)(C)C(C)(C)O3)CC=C2)OC1(C)C. The summed E-state index contributed by atoms with van der Waals surface area (Å²) in [5.41, 5.74) is -0.194. The van der Waals surface area contributed by atoms with Crippen LogP contribution in [0.15, 0.2) is 22.7 Å². The van der Waals surface area contributed by atoms with Crippen molar-refractivity contribution in [1.29, 1.82) is 0 Å². The number of hydrogen-bond donors (Lipinski definition) is 0. The highest BCUT2D eigenvalue weighted by atomic mass is 35.5. The monoisotopic (exact) mass is 352 g/mol. The van der Waals surface area contributed by atoms with E-state index < -0.39 is 7.12 Å². The smallest absolute Gasteiger partial charge is 0.403 e. The van der Waals surface area contributed by atoms with E-state index in [1.165, 1.54) is 0 Å². The van der Waals surface area contributed by atoms with Gasteiger partial charge in [-0.05, 0) is 60.4 Å². The van der Waals surface area contributed by atoms with Gasteiger partial charge in [-0.25, -0.2) is 0 Å². The van der Waals surface area contributed by atoms with Crippen molar-refractivity contribution in [3.63, 3.8) is 0 Å². The summed E-state index contributed by atoms with van der Waals surface area (Å²) in [6.45, 7) is 14.3. The Kier molecular flexibility index (Phi) is 4.54. The van der Waals surface area contributed by atoms with E-state index in [1.54, 1.807) is 0 Å². The Labute approximate surface area is 151 Å². The molecule has 2 atom stereocenters. The average Bonchev–Trinajstić information content (AvgIpc) is 2.82. The van der Waals surface area contributed by atoms with Gasteiger partial charge in [-0.2, -0.15) is 0 Å². The summed E-state index contributed by atoms with van der Waals surface area (Å²) in [5, 5.41) is 0.714. The summed E-state index contributed by atoms with van der Waals surface area (Å²) in [6, 6.07) is 0. The molecule has 0 N–H and O–H groups in total. The lowest BCUT2D eigenvalue weighted by molar-refractivity contribution is 0.00578. The predicted octanol–water partition coefficient (Wildman–Crippen LogP) is 4.14. The van der Waals surface area contributed by atoms with Crippen LogP contribution in [0.5, 0.6) is 0 Å². The zero-order chi connectivity index (χ0) is 17.9. The molecule has 2 aliphatic heterocycles. The Morgan fingerprint density at radius 3 is 2.12 bits per heavy atom. The van der Waals surface area contributed by atoms with E-state index >= 15 is 0 Å². The van der Waals surface area contributed by atoms with Gasteiger partial charge in [0, 0.05) is 10.8 Å². The molecular formula is C17H27B2ClO4. The second kappa shape index (κ2) is 5.88. The van der Waals surface area contributed by atoms with Gasteiger partial charge in [0.15, 0.2) is 0 Å². The van der Waals surface area contributed by atoms with E-state index in [2.05, 4.69) is 33.8 Å². The lowest BCUT2D eigenvalue weighted by atomic mass is 9.63. The summed E-state index contributed by atoms with van der Waals surface area (Å²) < 4.78 is 24.4. The minimum atomic E-state index is -0.441. The van der Waals surface area contributed by atoms with E-state index in [9.17, 15) is 0 Å². The third-order valence-corrected chi connectivity index (χ3v) is 6.36. The van der Waals surface area contributed by atoms with Gasteiger partial charge >= 0.3 is 14.2 Å². The van der Waals surface area contributed by atoms with Crippen LogP contribution in [0.2, 0.25) is 5.82 Å². The molecule has 3 aliphatic rings. The largest absolute Gasteiger partial charge is 0.495 e. The van der Waals surface area contributed by atoms with Crippen LogP contribution in [0.25, 0.3) is 0 Å². The first-order valence-electron chi connectivity index (χ1n) is 8.70. The highest BCUT2D eigenvalue weighted by Gasteiger charge is 2.55. The molecule has 0 bridgehead atoms. The summed E-state index contributed by atoms with van der Waals surface area (Å²) >= 11 is 6.74. The number of rotatable bonds is 2. The highest BCUT2D eigenvalue weighted by molar-refractivity contribution is 6.60. The molecule has 0 aromatic carbocycles. The fraction of sp³-hybridized carbons (Fsp3) is 0.765. The van der Waals surface area contributed by atoms with Crippen LogP contribution in [-0.2, 0) is 18.6 Å². The van der Waals surface area contributed by atoms with E-state index in [0.717, 1.165) is 11.9 Å². The number of allylic oxidation sites excluding steroid dienone is 4. The van der Waals surface area contributed by atoms with Crippen LogP contribution in [0, 0.1) is 0 Å². The van der Waals surface area contributed by atoms with Gasteiger partial charge in [-0.1, -0.05) is 23.8 Å². The second-order valence-corrected chi connectivity index (χ2v) is 8.91. The van der Waals surface area contributed by atoms with Gasteiger partial charge in [0.2, 0.25) is 0 Å². The third kappa shape index (κ3) is 3.01. The third-order valence-electron chi connectivity index (χ3n) is 5.86. The quantitative estimate of drug-likeness (QED) is 0.700. The Balaban J connectivity index is 1.83. The second-order valence-electron chi connectivity index (χ2n) is 8.50. The summed E-state index contributed by atoms with van der Waals surface area (Å²) in [4.78, 5) is 0. The fourth-order valence-corrected chi connectivity index (χ4v) is 3.44. The first-order chi connectivity index (χ1) is 10.9. The zero-order valence-electron chi connectivity index (χ0n) is 15.7. The topological polar surface area (TPSA) is 36.9 Å². The maximum Gasteiger partial charge on any atom is 0.495 e. The normalized spacial score (nSPS) is 34.3. The molecule has 0 radical (unpaired) electrons. The Bertz CT molecular complexity index is 569. The van der Waals surface area contributed by atoms with Crippen molar-refractivity contribution in [2.75, 3.05) is 0 Å². The Morgan fingerprint density at radius 1 is 1.04 bits per heavy atom. The van der Waals surface area contributed by atoms with Crippen LogP contribution in [0.4, 0.5) is 0 Å². The van der Waals surface area contributed by atoms with Crippen LogP contribution in [-0.4, -0.2) is 37.1 Å².